The Bertz CT molecular complexity index is 1670. The molecule has 0 unspecified atom stereocenters. The van der Waals surface area contributed by atoms with E-state index in [0.717, 1.165) is 0 Å². The summed E-state index contributed by atoms with van der Waals surface area (Å²) in [6, 6.07) is 25.1. The van der Waals surface area contributed by atoms with E-state index in [1.54, 1.807) is 104 Å². The molecule has 2 amide bonds. The summed E-state index contributed by atoms with van der Waals surface area (Å²) >= 11 is 12.5. The molecule has 4 rings (SSSR count). The smallest absolute Gasteiger partial charge is 0.272 e. The number of ether oxygens (including phenoxy) is 2. The Morgan fingerprint density at radius 3 is 2.19 bits per heavy atom. The minimum atomic E-state index is -0.596. The van der Waals surface area contributed by atoms with Gasteiger partial charge in [0.1, 0.15) is 17.2 Å². The number of carbonyl (C=O) groups is 3. The van der Waals surface area contributed by atoms with Gasteiger partial charge in [0, 0.05) is 28.4 Å². The number of allylic oxidation sites excluding steroid dienone is 1. The monoisotopic (exact) mass is 600 g/mol. The zero-order valence-electron chi connectivity index (χ0n) is 22.7. The molecule has 0 aliphatic rings. The molecular formula is C33H26Cl2N2O5. The molecule has 2 N–H and O–H groups in total. The van der Waals surface area contributed by atoms with E-state index in [1.165, 1.54) is 19.3 Å². The lowest BCUT2D eigenvalue weighted by Gasteiger charge is -2.12. The summed E-state index contributed by atoms with van der Waals surface area (Å²) in [5, 5.41) is 5.94. The lowest BCUT2D eigenvalue weighted by Crippen LogP contribution is -2.30. The standard InChI is InChI=1S/C33H26Cl2N2O5/c1-41-26-17-13-22(30(20-26)42-2)14-18-29(38)21-11-15-25(16-12-21)36-33(40)28(19-24-9-6-10-27(34)31(24)35)37-32(39)23-7-4-3-5-8-23/h3-20H,1-2H3,(H,36,40)(H,37,39)/b18-14+,28-19-. The fourth-order valence-corrected chi connectivity index (χ4v) is 4.23. The van der Waals surface area contributed by atoms with Gasteiger partial charge in [-0.05, 0) is 78.4 Å². The number of amides is 2. The van der Waals surface area contributed by atoms with E-state index in [1.807, 2.05) is 0 Å². The number of nitrogens with one attached hydrogen (secondary N) is 2. The Hall–Kier alpha value is -4.85. The third-order valence-corrected chi connectivity index (χ3v) is 6.93. The number of anilines is 1. The molecule has 4 aromatic rings. The van der Waals surface area contributed by atoms with Gasteiger partial charge in [-0.1, -0.05) is 53.5 Å². The Kier molecular flexibility index (Phi) is 10.2. The normalized spacial score (nSPS) is 11.2. The molecule has 0 spiro atoms. The Balaban J connectivity index is 1.51. The second-order valence-electron chi connectivity index (χ2n) is 8.86. The average molecular weight is 601 g/mol. The van der Waals surface area contributed by atoms with Crippen LogP contribution in [0.1, 0.15) is 31.8 Å². The summed E-state index contributed by atoms with van der Waals surface area (Å²) in [7, 11) is 3.10. The van der Waals surface area contributed by atoms with Crippen molar-refractivity contribution in [1.29, 1.82) is 0 Å². The maximum absolute atomic E-state index is 13.3. The highest BCUT2D eigenvalue weighted by Gasteiger charge is 2.16. The van der Waals surface area contributed by atoms with E-state index in [2.05, 4.69) is 10.6 Å². The molecule has 4 aromatic carbocycles. The van der Waals surface area contributed by atoms with E-state index in [9.17, 15) is 14.4 Å². The van der Waals surface area contributed by atoms with Crippen LogP contribution in [0.2, 0.25) is 10.0 Å². The lowest BCUT2D eigenvalue weighted by atomic mass is 10.1. The van der Waals surface area contributed by atoms with Crippen molar-refractivity contribution in [2.75, 3.05) is 19.5 Å². The highest BCUT2D eigenvalue weighted by molar-refractivity contribution is 6.43. The third-order valence-electron chi connectivity index (χ3n) is 6.09. The summed E-state index contributed by atoms with van der Waals surface area (Å²) in [4.78, 5) is 38.9. The predicted octanol–water partition coefficient (Wildman–Crippen LogP) is 7.32. The molecule has 0 aromatic heterocycles. The van der Waals surface area contributed by atoms with Crippen molar-refractivity contribution in [1.82, 2.24) is 5.32 Å². The number of hydrogen-bond acceptors (Lipinski definition) is 5. The van der Waals surface area contributed by atoms with E-state index in [4.69, 9.17) is 32.7 Å². The SMILES string of the molecule is COc1ccc(/C=C/C(=O)c2ccc(NC(=O)/C(=C/c3cccc(Cl)c3Cl)NC(=O)c3ccccc3)cc2)c(OC)c1. The summed E-state index contributed by atoms with van der Waals surface area (Å²) < 4.78 is 10.6. The number of ketones is 1. The molecule has 0 aliphatic heterocycles. The summed E-state index contributed by atoms with van der Waals surface area (Å²) in [5.41, 5.74) is 2.31. The molecule has 0 saturated carbocycles. The van der Waals surface area contributed by atoms with Crippen LogP contribution in [0.5, 0.6) is 11.5 Å². The predicted molar refractivity (Wildman–Crippen MR) is 166 cm³/mol. The molecule has 0 aliphatic carbocycles. The van der Waals surface area contributed by atoms with E-state index >= 15 is 0 Å². The van der Waals surface area contributed by atoms with Crippen molar-refractivity contribution in [2.45, 2.75) is 0 Å². The van der Waals surface area contributed by atoms with Crippen molar-refractivity contribution < 1.29 is 23.9 Å². The number of carbonyl (C=O) groups excluding carboxylic acids is 3. The second kappa shape index (κ2) is 14.2. The molecule has 7 nitrogen and oxygen atoms in total. The van der Waals surface area contributed by atoms with E-state index in [-0.39, 0.29) is 16.5 Å². The van der Waals surface area contributed by atoms with Gasteiger partial charge in [0.2, 0.25) is 0 Å². The highest BCUT2D eigenvalue weighted by atomic mass is 35.5. The third kappa shape index (κ3) is 7.66. The quantitative estimate of drug-likeness (QED) is 0.147. The highest BCUT2D eigenvalue weighted by Crippen LogP contribution is 2.28. The molecule has 0 heterocycles. The van der Waals surface area contributed by atoms with E-state index < -0.39 is 11.8 Å². The first kappa shape index (κ1) is 30.1. The van der Waals surface area contributed by atoms with Crippen LogP contribution in [-0.4, -0.2) is 31.8 Å². The van der Waals surface area contributed by atoms with Crippen molar-refractivity contribution in [2.24, 2.45) is 0 Å². The van der Waals surface area contributed by atoms with Gasteiger partial charge < -0.3 is 20.1 Å². The van der Waals surface area contributed by atoms with Crippen molar-refractivity contribution >= 4 is 58.6 Å². The zero-order valence-corrected chi connectivity index (χ0v) is 24.2. The Morgan fingerprint density at radius 2 is 1.50 bits per heavy atom. The molecule has 0 fully saturated rings. The molecule has 0 radical (unpaired) electrons. The fraction of sp³-hybridized carbons (Fsp3) is 0.0606. The molecule has 0 atom stereocenters. The first-order valence-electron chi connectivity index (χ1n) is 12.7. The maximum Gasteiger partial charge on any atom is 0.272 e. The molecule has 42 heavy (non-hydrogen) atoms. The van der Waals surface area contributed by atoms with Crippen molar-refractivity contribution in [3.05, 3.63) is 135 Å². The van der Waals surface area contributed by atoms with Crippen molar-refractivity contribution in [3.63, 3.8) is 0 Å². The largest absolute Gasteiger partial charge is 0.497 e. The number of rotatable bonds is 10. The van der Waals surface area contributed by atoms with Gasteiger partial charge in [0.05, 0.1) is 24.3 Å². The van der Waals surface area contributed by atoms with Crippen LogP contribution in [0.4, 0.5) is 5.69 Å². The summed E-state index contributed by atoms with van der Waals surface area (Å²) in [6.45, 7) is 0. The van der Waals surface area contributed by atoms with Crippen LogP contribution >= 0.6 is 23.2 Å². The second-order valence-corrected chi connectivity index (χ2v) is 9.64. The topological polar surface area (TPSA) is 93.7 Å². The fourth-order valence-electron chi connectivity index (χ4n) is 3.86. The maximum atomic E-state index is 13.3. The van der Waals surface area contributed by atoms with E-state index in [0.29, 0.717) is 44.5 Å². The van der Waals surface area contributed by atoms with Crippen LogP contribution in [0, 0.1) is 0 Å². The molecule has 9 heteroatoms. The number of halogens is 2. The average Bonchev–Trinajstić information content (AvgIpc) is 3.02. The summed E-state index contributed by atoms with van der Waals surface area (Å²) in [5.74, 6) is -0.102. The first-order chi connectivity index (χ1) is 20.3. The minimum Gasteiger partial charge on any atom is -0.497 e. The van der Waals surface area contributed by atoms with Crippen LogP contribution in [0.25, 0.3) is 12.2 Å². The number of hydrogen-bond donors (Lipinski definition) is 2. The molecule has 212 valence electrons. The van der Waals surface area contributed by atoms with Crippen LogP contribution in [0.3, 0.4) is 0 Å². The van der Waals surface area contributed by atoms with Gasteiger partial charge in [-0.2, -0.15) is 0 Å². The molecule has 0 saturated heterocycles. The Morgan fingerprint density at radius 1 is 0.762 bits per heavy atom. The Labute approximate surface area is 253 Å². The molecular weight excluding hydrogens is 575 g/mol. The lowest BCUT2D eigenvalue weighted by molar-refractivity contribution is -0.113. The van der Waals surface area contributed by atoms with Gasteiger partial charge in [0.25, 0.3) is 11.8 Å². The van der Waals surface area contributed by atoms with Crippen molar-refractivity contribution in [3.8, 4) is 11.5 Å². The van der Waals surface area contributed by atoms with Crippen LogP contribution in [-0.2, 0) is 4.79 Å². The van der Waals surface area contributed by atoms with Gasteiger partial charge in [-0.25, -0.2) is 0 Å². The zero-order chi connectivity index (χ0) is 30.1. The van der Waals surface area contributed by atoms with Gasteiger partial charge in [-0.15, -0.1) is 0 Å². The number of methoxy groups -OCH3 is 2. The first-order valence-corrected chi connectivity index (χ1v) is 13.4. The number of benzene rings is 4. The minimum absolute atomic E-state index is 0.0513. The van der Waals surface area contributed by atoms with Gasteiger partial charge in [0.15, 0.2) is 5.78 Å². The van der Waals surface area contributed by atoms with Gasteiger partial charge >= 0.3 is 0 Å². The van der Waals surface area contributed by atoms with Crippen LogP contribution < -0.4 is 20.1 Å². The molecule has 0 bridgehead atoms. The summed E-state index contributed by atoms with van der Waals surface area (Å²) in [6.07, 6.45) is 4.54. The van der Waals surface area contributed by atoms with Crippen LogP contribution in [0.15, 0.2) is 103 Å². The van der Waals surface area contributed by atoms with Gasteiger partial charge in [-0.3, -0.25) is 14.4 Å².